The Labute approximate surface area is 209 Å². The predicted octanol–water partition coefficient (Wildman–Crippen LogP) is 5.45. The number of hydrogen-bond donors (Lipinski definition) is 1. The summed E-state index contributed by atoms with van der Waals surface area (Å²) < 4.78 is 0. The molecule has 4 aromatic rings. The van der Waals surface area contributed by atoms with Gasteiger partial charge in [0.1, 0.15) is 0 Å². The molecule has 3 aromatic carbocycles. The molecule has 2 aliphatic heterocycles. The van der Waals surface area contributed by atoms with Gasteiger partial charge in [0.15, 0.2) is 0 Å². The van der Waals surface area contributed by atoms with Crippen LogP contribution in [-0.4, -0.2) is 40.0 Å². The van der Waals surface area contributed by atoms with E-state index in [4.69, 9.17) is 0 Å². The van der Waals surface area contributed by atoms with Gasteiger partial charge in [-0.3, -0.25) is 19.6 Å². The molecule has 180 valence electrons. The van der Waals surface area contributed by atoms with Crippen LogP contribution in [0.15, 0.2) is 79.0 Å². The molecule has 6 rings (SSSR count). The first kappa shape index (κ1) is 22.4. The Morgan fingerprint density at radius 1 is 0.972 bits per heavy atom. The monoisotopic (exact) mass is 477 g/mol. The Morgan fingerprint density at radius 3 is 2.50 bits per heavy atom. The number of benzene rings is 3. The normalized spacial score (nSPS) is 17.0. The number of carbonyl (C=O) groups is 2. The summed E-state index contributed by atoms with van der Waals surface area (Å²) in [6.07, 6.45) is 3.37. The fourth-order valence-electron chi connectivity index (χ4n) is 5.75. The smallest absolute Gasteiger partial charge is 0.335 e. The number of anilines is 2. The van der Waals surface area contributed by atoms with Crippen molar-refractivity contribution in [3.05, 3.63) is 101 Å². The van der Waals surface area contributed by atoms with Gasteiger partial charge < -0.3 is 5.11 Å². The number of piperidine rings is 1. The number of hydrogen-bond acceptors (Lipinski definition) is 4. The fourth-order valence-corrected chi connectivity index (χ4v) is 5.75. The first-order chi connectivity index (χ1) is 17.5. The molecule has 1 N–H and O–H groups in total. The van der Waals surface area contributed by atoms with E-state index in [-0.39, 0.29) is 11.5 Å². The number of likely N-dealkylation sites (tertiary alicyclic amines) is 1. The molecule has 6 heteroatoms. The SMILES string of the molecule is Cc1cccnc1CN1CCC2(CC1)C(=O)N(c1ccc3cc(C(=O)O)ccc3c1)c1ccccc12. The second-order valence-electron chi connectivity index (χ2n) is 9.83. The maximum atomic E-state index is 14.2. The highest BCUT2D eigenvalue weighted by Crippen LogP contribution is 2.50. The predicted molar refractivity (Wildman–Crippen MR) is 140 cm³/mol. The van der Waals surface area contributed by atoms with Crippen molar-refractivity contribution in [2.45, 2.75) is 31.7 Å². The number of aromatic nitrogens is 1. The number of carboxylic acids is 1. The van der Waals surface area contributed by atoms with Crippen LogP contribution in [0.3, 0.4) is 0 Å². The van der Waals surface area contributed by atoms with E-state index in [0.717, 1.165) is 65.9 Å². The summed E-state index contributed by atoms with van der Waals surface area (Å²) in [6, 6.07) is 23.1. The van der Waals surface area contributed by atoms with Gasteiger partial charge in [-0.15, -0.1) is 0 Å². The van der Waals surface area contributed by atoms with Crippen molar-refractivity contribution in [1.82, 2.24) is 9.88 Å². The standard InChI is InChI=1S/C30H27N3O3/c1-20-5-4-14-31-26(20)19-32-15-12-30(13-16-32)25-6-2-3-7-27(25)33(29(30)36)24-11-10-21-17-23(28(34)35)9-8-22(21)18-24/h2-11,14,17-18H,12-13,15-16,19H2,1H3,(H,34,35). The van der Waals surface area contributed by atoms with Crippen LogP contribution >= 0.6 is 0 Å². The fraction of sp³-hybridized carbons (Fsp3) is 0.233. The van der Waals surface area contributed by atoms with Crippen molar-refractivity contribution in [1.29, 1.82) is 0 Å². The van der Waals surface area contributed by atoms with Gasteiger partial charge in [0.25, 0.3) is 0 Å². The van der Waals surface area contributed by atoms with Crippen LogP contribution in [0.4, 0.5) is 11.4 Å². The lowest BCUT2D eigenvalue weighted by atomic mass is 9.73. The summed E-state index contributed by atoms with van der Waals surface area (Å²) in [7, 11) is 0. The minimum atomic E-state index is -0.948. The van der Waals surface area contributed by atoms with E-state index in [1.165, 1.54) is 5.56 Å². The van der Waals surface area contributed by atoms with E-state index < -0.39 is 11.4 Å². The first-order valence-electron chi connectivity index (χ1n) is 12.3. The van der Waals surface area contributed by atoms with Gasteiger partial charge >= 0.3 is 5.97 Å². The number of rotatable bonds is 4. The Hall–Kier alpha value is -4.03. The molecule has 1 aromatic heterocycles. The highest BCUT2D eigenvalue weighted by atomic mass is 16.4. The maximum Gasteiger partial charge on any atom is 0.335 e. The second-order valence-corrected chi connectivity index (χ2v) is 9.83. The van der Waals surface area contributed by atoms with E-state index in [1.54, 1.807) is 12.1 Å². The first-order valence-corrected chi connectivity index (χ1v) is 12.3. The number of carbonyl (C=O) groups excluding carboxylic acids is 1. The molecule has 3 heterocycles. The molecule has 1 spiro atoms. The molecule has 0 unspecified atom stereocenters. The van der Waals surface area contributed by atoms with Crippen LogP contribution in [0.25, 0.3) is 10.8 Å². The Bertz CT molecular complexity index is 1500. The number of amides is 1. The summed E-state index contributed by atoms with van der Waals surface area (Å²) in [5.41, 5.74) is 4.86. The van der Waals surface area contributed by atoms with Gasteiger partial charge in [-0.25, -0.2) is 4.79 Å². The van der Waals surface area contributed by atoms with Crippen molar-refractivity contribution in [3.8, 4) is 0 Å². The minimum absolute atomic E-state index is 0.124. The van der Waals surface area contributed by atoms with Crippen LogP contribution in [-0.2, 0) is 16.8 Å². The molecule has 0 bridgehead atoms. The highest BCUT2D eigenvalue weighted by molar-refractivity contribution is 6.13. The van der Waals surface area contributed by atoms with Crippen LogP contribution < -0.4 is 4.90 Å². The Kier molecular flexibility index (Phi) is 5.34. The van der Waals surface area contributed by atoms with E-state index in [0.29, 0.717) is 0 Å². The van der Waals surface area contributed by atoms with Crippen molar-refractivity contribution in [2.75, 3.05) is 18.0 Å². The number of pyridine rings is 1. The average Bonchev–Trinajstić information content (AvgIpc) is 3.13. The summed E-state index contributed by atoms with van der Waals surface area (Å²) in [5.74, 6) is -0.824. The number of fused-ring (bicyclic) bond motifs is 3. The van der Waals surface area contributed by atoms with Gasteiger partial charge in [-0.2, -0.15) is 0 Å². The Balaban J connectivity index is 1.31. The van der Waals surface area contributed by atoms with Gasteiger partial charge in [0.2, 0.25) is 5.91 Å². The van der Waals surface area contributed by atoms with E-state index >= 15 is 0 Å². The largest absolute Gasteiger partial charge is 0.478 e. The average molecular weight is 478 g/mol. The third-order valence-electron chi connectivity index (χ3n) is 7.80. The third-order valence-corrected chi connectivity index (χ3v) is 7.80. The molecular weight excluding hydrogens is 450 g/mol. The van der Waals surface area contributed by atoms with Crippen LogP contribution in [0, 0.1) is 6.92 Å². The quantitative estimate of drug-likeness (QED) is 0.423. The van der Waals surface area contributed by atoms with Crippen molar-refractivity contribution < 1.29 is 14.7 Å². The van der Waals surface area contributed by atoms with Crippen molar-refractivity contribution in [3.63, 3.8) is 0 Å². The molecule has 1 amide bonds. The van der Waals surface area contributed by atoms with Crippen LogP contribution in [0.1, 0.15) is 40.0 Å². The molecule has 1 fully saturated rings. The summed E-state index contributed by atoms with van der Waals surface area (Å²) in [6.45, 7) is 4.55. The van der Waals surface area contributed by atoms with E-state index in [1.807, 2.05) is 59.6 Å². The van der Waals surface area contributed by atoms with Crippen LogP contribution in [0.2, 0.25) is 0 Å². The van der Waals surface area contributed by atoms with Gasteiger partial charge in [0, 0.05) is 18.4 Å². The summed E-state index contributed by atoms with van der Waals surface area (Å²) in [4.78, 5) is 34.3. The lowest BCUT2D eigenvalue weighted by Gasteiger charge is -2.38. The zero-order chi connectivity index (χ0) is 24.9. The number of aromatic carboxylic acids is 1. The minimum Gasteiger partial charge on any atom is -0.478 e. The number of nitrogens with zero attached hydrogens (tertiary/aromatic N) is 3. The second kappa shape index (κ2) is 8.57. The molecule has 0 radical (unpaired) electrons. The molecule has 1 saturated heterocycles. The lowest BCUT2D eigenvalue weighted by molar-refractivity contribution is -0.124. The number of aryl methyl sites for hydroxylation is 1. The number of carboxylic acid groups (broad SMARTS) is 1. The lowest BCUT2D eigenvalue weighted by Crippen LogP contribution is -2.47. The zero-order valence-corrected chi connectivity index (χ0v) is 20.1. The molecule has 0 aliphatic carbocycles. The van der Waals surface area contributed by atoms with Gasteiger partial charge in [0.05, 0.1) is 22.4 Å². The number of para-hydroxylation sites is 1. The molecular formula is C30H27N3O3. The van der Waals surface area contributed by atoms with Crippen LogP contribution in [0.5, 0.6) is 0 Å². The zero-order valence-electron chi connectivity index (χ0n) is 20.1. The molecule has 36 heavy (non-hydrogen) atoms. The third kappa shape index (κ3) is 3.57. The van der Waals surface area contributed by atoms with Crippen molar-refractivity contribution >= 4 is 34.0 Å². The summed E-state index contributed by atoms with van der Waals surface area (Å²) >= 11 is 0. The Morgan fingerprint density at radius 2 is 1.72 bits per heavy atom. The molecule has 0 atom stereocenters. The highest BCUT2D eigenvalue weighted by Gasteiger charge is 2.52. The van der Waals surface area contributed by atoms with Gasteiger partial charge in [-0.05, 0) is 91.2 Å². The maximum absolute atomic E-state index is 14.2. The van der Waals surface area contributed by atoms with E-state index in [2.05, 4.69) is 28.9 Å². The van der Waals surface area contributed by atoms with E-state index in [9.17, 15) is 14.7 Å². The molecule has 6 nitrogen and oxygen atoms in total. The topological polar surface area (TPSA) is 73.7 Å². The molecule has 2 aliphatic rings. The summed E-state index contributed by atoms with van der Waals surface area (Å²) in [5, 5.41) is 11.1. The van der Waals surface area contributed by atoms with Gasteiger partial charge in [-0.1, -0.05) is 36.4 Å². The molecule has 0 saturated carbocycles. The van der Waals surface area contributed by atoms with Crippen molar-refractivity contribution in [2.24, 2.45) is 0 Å².